The highest BCUT2D eigenvalue weighted by molar-refractivity contribution is 5.75. The van der Waals surface area contributed by atoms with Crippen LogP contribution in [0.15, 0.2) is 30.3 Å². The molecule has 0 saturated heterocycles. The number of hydroxylamine groups is 2. The van der Waals surface area contributed by atoms with Gasteiger partial charge in [-0.2, -0.15) is 0 Å². The van der Waals surface area contributed by atoms with Crippen LogP contribution in [0.1, 0.15) is 5.56 Å². The lowest BCUT2D eigenvalue weighted by atomic mass is 10.1. The first-order valence-electron chi connectivity index (χ1n) is 4.44. The van der Waals surface area contributed by atoms with E-state index < -0.39 is 12.0 Å². The van der Waals surface area contributed by atoms with Crippen LogP contribution in [-0.4, -0.2) is 34.8 Å². The summed E-state index contributed by atoms with van der Waals surface area (Å²) in [5.41, 5.74) is 0.820. The molecule has 0 amide bonds. The molecule has 0 fully saturated rings. The maximum absolute atomic E-state index is 11.2. The maximum Gasteiger partial charge on any atom is 0.328 e. The van der Waals surface area contributed by atoms with Gasteiger partial charge in [-0.3, -0.25) is 15.2 Å². The number of hydrogen-bond donors (Lipinski definition) is 2. The average Bonchev–Trinajstić information content (AvgIpc) is 2.26. The number of carbonyl (C=O) groups is 1. The van der Waals surface area contributed by atoms with E-state index in [1.54, 1.807) is 12.1 Å². The normalized spacial score (nSPS) is 12.5. The minimum Gasteiger partial charge on any atom is -0.468 e. The molecule has 0 aliphatic heterocycles. The van der Waals surface area contributed by atoms with Gasteiger partial charge in [0, 0.05) is 6.42 Å². The summed E-state index contributed by atoms with van der Waals surface area (Å²) in [4.78, 5) is 11.2. The van der Waals surface area contributed by atoms with Gasteiger partial charge in [-0.25, -0.2) is 0 Å². The SMILES string of the molecule is COC(=O)C(Cc1ccccc1)N(O)O. The van der Waals surface area contributed by atoms with E-state index in [-0.39, 0.29) is 11.6 Å². The summed E-state index contributed by atoms with van der Waals surface area (Å²) in [6.07, 6.45) is 0.181. The van der Waals surface area contributed by atoms with E-state index in [0.717, 1.165) is 5.56 Å². The zero-order valence-electron chi connectivity index (χ0n) is 8.33. The molecule has 0 heterocycles. The number of ether oxygens (including phenoxy) is 1. The molecule has 5 nitrogen and oxygen atoms in total. The second-order valence-corrected chi connectivity index (χ2v) is 3.05. The van der Waals surface area contributed by atoms with E-state index in [4.69, 9.17) is 10.4 Å². The Morgan fingerprint density at radius 1 is 1.40 bits per heavy atom. The molecule has 0 spiro atoms. The van der Waals surface area contributed by atoms with Crippen molar-refractivity contribution in [1.29, 1.82) is 0 Å². The lowest BCUT2D eigenvalue weighted by Gasteiger charge is -2.17. The second-order valence-electron chi connectivity index (χ2n) is 3.05. The monoisotopic (exact) mass is 211 g/mol. The highest BCUT2D eigenvalue weighted by Gasteiger charge is 2.25. The van der Waals surface area contributed by atoms with Crippen LogP contribution in [0.2, 0.25) is 0 Å². The maximum atomic E-state index is 11.2. The van der Waals surface area contributed by atoms with E-state index >= 15 is 0 Å². The van der Waals surface area contributed by atoms with Gasteiger partial charge in [0.25, 0.3) is 0 Å². The van der Waals surface area contributed by atoms with Gasteiger partial charge in [0.15, 0.2) is 6.04 Å². The number of rotatable bonds is 4. The molecule has 2 N–H and O–H groups in total. The zero-order valence-corrected chi connectivity index (χ0v) is 8.33. The van der Waals surface area contributed by atoms with Crippen molar-refractivity contribution in [1.82, 2.24) is 5.23 Å². The van der Waals surface area contributed by atoms with Gasteiger partial charge in [0.2, 0.25) is 0 Å². The van der Waals surface area contributed by atoms with Crippen molar-refractivity contribution < 1.29 is 19.9 Å². The van der Waals surface area contributed by atoms with Gasteiger partial charge >= 0.3 is 5.97 Å². The molecule has 1 aromatic carbocycles. The third kappa shape index (κ3) is 3.32. The zero-order chi connectivity index (χ0) is 11.3. The van der Waals surface area contributed by atoms with Crippen LogP contribution in [0.5, 0.6) is 0 Å². The summed E-state index contributed by atoms with van der Waals surface area (Å²) in [6, 6.07) is 7.94. The van der Waals surface area contributed by atoms with E-state index in [1.807, 2.05) is 18.2 Å². The van der Waals surface area contributed by atoms with Crippen molar-refractivity contribution >= 4 is 5.97 Å². The second kappa shape index (κ2) is 5.45. The lowest BCUT2D eigenvalue weighted by Crippen LogP contribution is -2.39. The predicted molar refractivity (Wildman–Crippen MR) is 51.4 cm³/mol. The summed E-state index contributed by atoms with van der Waals surface area (Å²) in [5, 5.41) is 17.6. The van der Waals surface area contributed by atoms with Gasteiger partial charge in [-0.15, -0.1) is 0 Å². The Balaban J connectivity index is 2.72. The minimum atomic E-state index is -1.10. The third-order valence-corrected chi connectivity index (χ3v) is 2.02. The van der Waals surface area contributed by atoms with Crippen LogP contribution in [0.4, 0.5) is 0 Å². The molecule has 0 aromatic heterocycles. The molecule has 1 aromatic rings. The smallest absolute Gasteiger partial charge is 0.328 e. The van der Waals surface area contributed by atoms with Crippen molar-refractivity contribution in [3.05, 3.63) is 35.9 Å². The van der Waals surface area contributed by atoms with Crippen molar-refractivity contribution in [2.75, 3.05) is 7.11 Å². The van der Waals surface area contributed by atoms with E-state index in [2.05, 4.69) is 4.74 Å². The van der Waals surface area contributed by atoms with Crippen molar-refractivity contribution in [2.45, 2.75) is 12.5 Å². The van der Waals surface area contributed by atoms with E-state index in [1.165, 1.54) is 7.11 Å². The standard InChI is InChI=1S/C10H13NO4/c1-15-10(12)9(11(13)14)7-8-5-3-2-4-6-8/h2-6,9,13-14H,7H2,1H3. The lowest BCUT2D eigenvalue weighted by molar-refractivity contribution is -0.327. The number of benzene rings is 1. The predicted octanol–water partition coefficient (Wildman–Crippen LogP) is 0.851. The molecular formula is C10H13NO4. The molecule has 0 radical (unpaired) electrons. The van der Waals surface area contributed by atoms with Crippen LogP contribution in [0.3, 0.4) is 0 Å². The first-order valence-corrected chi connectivity index (χ1v) is 4.44. The first-order chi connectivity index (χ1) is 7.15. The fourth-order valence-corrected chi connectivity index (χ4v) is 1.23. The average molecular weight is 211 g/mol. The van der Waals surface area contributed by atoms with Crippen molar-refractivity contribution in [2.24, 2.45) is 0 Å². The first kappa shape index (κ1) is 11.6. The fraction of sp³-hybridized carbons (Fsp3) is 0.300. The summed E-state index contributed by atoms with van der Waals surface area (Å²) in [6.45, 7) is 0. The van der Waals surface area contributed by atoms with Crippen molar-refractivity contribution in [3.8, 4) is 0 Å². The van der Waals surface area contributed by atoms with Crippen LogP contribution in [0.25, 0.3) is 0 Å². The molecular weight excluding hydrogens is 198 g/mol. The van der Waals surface area contributed by atoms with Crippen LogP contribution in [0, 0.1) is 0 Å². The molecule has 0 saturated carbocycles. The molecule has 0 aliphatic rings. The Kier molecular flexibility index (Phi) is 4.23. The molecule has 1 atom stereocenters. The van der Waals surface area contributed by atoms with Gasteiger partial charge < -0.3 is 4.74 Å². The van der Waals surface area contributed by atoms with Crippen LogP contribution < -0.4 is 0 Å². The highest BCUT2D eigenvalue weighted by atomic mass is 16.8. The molecule has 15 heavy (non-hydrogen) atoms. The molecule has 1 rings (SSSR count). The molecule has 5 heteroatoms. The summed E-state index contributed by atoms with van der Waals surface area (Å²) < 4.78 is 4.45. The largest absolute Gasteiger partial charge is 0.468 e. The quantitative estimate of drug-likeness (QED) is 0.570. The summed E-state index contributed by atoms with van der Waals surface area (Å²) >= 11 is 0. The topological polar surface area (TPSA) is 70.0 Å². The van der Waals surface area contributed by atoms with E-state index in [0.29, 0.717) is 0 Å². The fourth-order valence-electron chi connectivity index (χ4n) is 1.23. The Hall–Kier alpha value is -1.43. The van der Waals surface area contributed by atoms with Gasteiger partial charge in [0.05, 0.1) is 7.11 Å². The summed E-state index contributed by atoms with van der Waals surface area (Å²) in [7, 11) is 1.20. The van der Waals surface area contributed by atoms with Gasteiger partial charge in [-0.05, 0) is 5.56 Å². The molecule has 82 valence electrons. The Bertz CT molecular complexity index is 312. The Morgan fingerprint density at radius 3 is 2.47 bits per heavy atom. The molecule has 0 bridgehead atoms. The van der Waals surface area contributed by atoms with Crippen molar-refractivity contribution in [3.63, 3.8) is 0 Å². The number of hydrogen-bond acceptors (Lipinski definition) is 5. The number of nitrogens with zero attached hydrogens (tertiary/aromatic N) is 1. The van der Waals surface area contributed by atoms with Gasteiger partial charge in [-0.1, -0.05) is 35.6 Å². The van der Waals surface area contributed by atoms with E-state index in [9.17, 15) is 4.79 Å². The number of methoxy groups -OCH3 is 1. The number of esters is 1. The summed E-state index contributed by atoms with van der Waals surface area (Å²) in [5.74, 6) is -0.691. The Morgan fingerprint density at radius 2 is 2.00 bits per heavy atom. The van der Waals surface area contributed by atoms with Crippen LogP contribution in [-0.2, 0) is 16.0 Å². The molecule has 0 aliphatic carbocycles. The minimum absolute atomic E-state index is 0.126. The molecule has 1 unspecified atom stereocenters. The number of carbonyl (C=O) groups excluding carboxylic acids is 1. The highest BCUT2D eigenvalue weighted by Crippen LogP contribution is 2.07. The van der Waals surface area contributed by atoms with Gasteiger partial charge in [0.1, 0.15) is 0 Å². The third-order valence-electron chi connectivity index (χ3n) is 2.02. The van der Waals surface area contributed by atoms with Crippen LogP contribution >= 0.6 is 0 Å². The Labute approximate surface area is 87.4 Å².